The van der Waals surface area contributed by atoms with Gasteiger partial charge in [0.1, 0.15) is 0 Å². The van der Waals surface area contributed by atoms with Gasteiger partial charge in [0.05, 0.1) is 0 Å². The molecule has 2 heteroatoms. The molecule has 0 spiro atoms. The summed E-state index contributed by atoms with van der Waals surface area (Å²) in [5.74, 6) is 0. The highest BCUT2D eigenvalue weighted by Crippen LogP contribution is 2.24. The molecule has 2 nitrogen and oxygen atoms in total. The van der Waals surface area contributed by atoms with E-state index in [2.05, 4.69) is 62.3 Å². The molecule has 0 aliphatic carbocycles. The van der Waals surface area contributed by atoms with Crippen molar-refractivity contribution >= 4 is 0 Å². The number of hydrogen-bond donors (Lipinski definition) is 1. The molecule has 0 amide bonds. The summed E-state index contributed by atoms with van der Waals surface area (Å²) in [4.78, 5) is 4.36. The highest BCUT2D eigenvalue weighted by atomic mass is 14.9. The molecule has 0 atom stereocenters. The van der Waals surface area contributed by atoms with Gasteiger partial charge >= 0.3 is 0 Å². The molecule has 0 aliphatic rings. The van der Waals surface area contributed by atoms with Crippen LogP contribution < -0.4 is 5.32 Å². The van der Waals surface area contributed by atoms with Crippen molar-refractivity contribution in [3.63, 3.8) is 0 Å². The van der Waals surface area contributed by atoms with Gasteiger partial charge in [-0.25, -0.2) is 0 Å². The fraction of sp³-hybridized carbons (Fsp3) is 0.353. The van der Waals surface area contributed by atoms with Gasteiger partial charge in [-0.15, -0.1) is 0 Å². The minimum Gasteiger partial charge on any atom is -0.310 e. The second-order valence-electron chi connectivity index (χ2n) is 5.44. The number of aromatic nitrogens is 1. The highest BCUT2D eigenvalue weighted by molar-refractivity contribution is 5.67. The van der Waals surface area contributed by atoms with Gasteiger partial charge in [0.15, 0.2) is 0 Å². The van der Waals surface area contributed by atoms with Gasteiger partial charge in [0.2, 0.25) is 0 Å². The predicted octanol–water partition coefficient (Wildman–Crippen LogP) is 3.86. The van der Waals surface area contributed by atoms with Gasteiger partial charge in [-0.05, 0) is 36.6 Å². The molecule has 1 N–H and O–H groups in total. The lowest BCUT2D eigenvalue weighted by Crippen LogP contribution is -2.21. The number of hydrogen-bond acceptors (Lipinski definition) is 2. The van der Waals surface area contributed by atoms with Gasteiger partial charge in [0.25, 0.3) is 0 Å². The van der Waals surface area contributed by atoms with E-state index in [0.29, 0.717) is 6.04 Å². The minimum absolute atomic E-state index is 0.491. The average Bonchev–Trinajstić information content (AvgIpc) is 2.36. The summed E-state index contributed by atoms with van der Waals surface area (Å²) in [5.41, 5.74) is 6.29. The van der Waals surface area contributed by atoms with Crippen molar-refractivity contribution < 1.29 is 0 Å². The van der Waals surface area contributed by atoms with Crippen LogP contribution in [0.5, 0.6) is 0 Å². The first-order valence-electron chi connectivity index (χ1n) is 6.81. The van der Waals surface area contributed by atoms with Crippen LogP contribution in [0, 0.1) is 13.8 Å². The lowest BCUT2D eigenvalue weighted by Gasteiger charge is -2.11. The van der Waals surface area contributed by atoms with Crippen molar-refractivity contribution in [2.75, 3.05) is 0 Å². The molecule has 0 unspecified atom stereocenters. The summed E-state index contributed by atoms with van der Waals surface area (Å²) >= 11 is 0. The van der Waals surface area contributed by atoms with Gasteiger partial charge in [0, 0.05) is 30.5 Å². The monoisotopic (exact) mass is 254 g/mol. The molecule has 0 saturated heterocycles. The first-order chi connectivity index (χ1) is 9.06. The Labute approximate surface area is 115 Å². The summed E-state index contributed by atoms with van der Waals surface area (Å²) in [7, 11) is 0. The largest absolute Gasteiger partial charge is 0.310 e. The maximum atomic E-state index is 4.36. The van der Waals surface area contributed by atoms with E-state index in [-0.39, 0.29) is 0 Å². The van der Waals surface area contributed by atoms with Gasteiger partial charge < -0.3 is 5.32 Å². The minimum atomic E-state index is 0.491. The Morgan fingerprint density at radius 1 is 1.11 bits per heavy atom. The van der Waals surface area contributed by atoms with Crippen LogP contribution in [-0.2, 0) is 6.54 Å². The molecule has 0 bridgehead atoms. The average molecular weight is 254 g/mol. The molecule has 0 radical (unpaired) electrons. The summed E-state index contributed by atoms with van der Waals surface area (Å²) in [6.45, 7) is 9.45. The molecule has 100 valence electrons. The number of aryl methyl sites for hydroxylation is 2. The third kappa shape index (κ3) is 3.65. The molecule has 0 fully saturated rings. The van der Waals surface area contributed by atoms with E-state index in [4.69, 9.17) is 0 Å². The Morgan fingerprint density at radius 3 is 2.58 bits per heavy atom. The number of pyridine rings is 1. The first-order valence-corrected chi connectivity index (χ1v) is 6.81. The van der Waals surface area contributed by atoms with Gasteiger partial charge in [-0.2, -0.15) is 0 Å². The highest BCUT2D eigenvalue weighted by Gasteiger charge is 2.04. The second kappa shape index (κ2) is 5.98. The van der Waals surface area contributed by atoms with Crippen molar-refractivity contribution in [3.8, 4) is 11.1 Å². The van der Waals surface area contributed by atoms with E-state index in [1.54, 1.807) is 0 Å². The van der Waals surface area contributed by atoms with Crippen LogP contribution in [0.3, 0.4) is 0 Å². The summed E-state index contributed by atoms with van der Waals surface area (Å²) in [6, 6.07) is 9.27. The molecular weight excluding hydrogens is 232 g/mol. The first kappa shape index (κ1) is 13.8. The number of nitrogens with one attached hydrogen (secondary N) is 1. The molecular formula is C17H22N2. The van der Waals surface area contributed by atoms with Crippen molar-refractivity contribution in [1.82, 2.24) is 10.3 Å². The van der Waals surface area contributed by atoms with Crippen molar-refractivity contribution in [1.29, 1.82) is 0 Å². The smallest absolute Gasteiger partial charge is 0.0346 e. The summed E-state index contributed by atoms with van der Waals surface area (Å²) in [6.07, 6.45) is 3.87. The van der Waals surface area contributed by atoms with E-state index in [1.165, 1.54) is 27.8 Å². The normalized spacial score (nSPS) is 11.0. The zero-order valence-corrected chi connectivity index (χ0v) is 12.2. The predicted molar refractivity (Wildman–Crippen MR) is 81.1 cm³/mol. The van der Waals surface area contributed by atoms with E-state index < -0.39 is 0 Å². The van der Waals surface area contributed by atoms with Gasteiger partial charge in [-0.1, -0.05) is 37.6 Å². The second-order valence-corrected chi connectivity index (χ2v) is 5.44. The van der Waals surface area contributed by atoms with Crippen LogP contribution >= 0.6 is 0 Å². The van der Waals surface area contributed by atoms with E-state index >= 15 is 0 Å². The van der Waals surface area contributed by atoms with Crippen molar-refractivity contribution in [3.05, 3.63) is 53.3 Å². The third-order valence-electron chi connectivity index (χ3n) is 3.20. The Hall–Kier alpha value is -1.67. The SMILES string of the molecule is Cc1ccc(-c2cncc(CNC(C)C)c2)c(C)c1. The van der Waals surface area contributed by atoms with Crippen molar-refractivity contribution in [2.24, 2.45) is 0 Å². The van der Waals surface area contributed by atoms with Crippen LogP contribution in [0.15, 0.2) is 36.7 Å². The van der Waals surface area contributed by atoms with Crippen LogP contribution in [0.4, 0.5) is 0 Å². The number of benzene rings is 1. The molecule has 1 aromatic carbocycles. The Balaban J connectivity index is 2.27. The van der Waals surface area contributed by atoms with Crippen LogP contribution in [0.1, 0.15) is 30.5 Å². The lowest BCUT2D eigenvalue weighted by molar-refractivity contribution is 0.588. The fourth-order valence-corrected chi connectivity index (χ4v) is 2.19. The van der Waals surface area contributed by atoms with Crippen LogP contribution in [0.25, 0.3) is 11.1 Å². The zero-order valence-electron chi connectivity index (χ0n) is 12.2. The molecule has 1 heterocycles. The molecule has 0 aliphatic heterocycles. The number of rotatable bonds is 4. The number of nitrogens with zero attached hydrogens (tertiary/aromatic N) is 1. The maximum Gasteiger partial charge on any atom is 0.0346 e. The topological polar surface area (TPSA) is 24.9 Å². The van der Waals surface area contributed by atoms with Gasteiger partial charge in [-0.3, -0.25) is 4.98 Å². The third-order valence-corrected chi connectivity index (χ3v) is 3.20. The Bertz CT molecular complexity index is 559. The summed E-state index contributed by atoms with van der Waals surface area (Å²) < 4.78 is 0. The summed E-state index contributed by atoms with van der Waals surface area (Å²) in [5, 5.41) is 3.42. The van der Waals surface area contributed by atoms with E-state index in [0.717, 1.165) is 6.54 Å². The molecule has 2 aromatic rings. The Kier molecular flexibility index (Phi) is 4.33. The Morgan fingerprint density at radius 2 is 1.89 bits per heavy atom. The van der Waals surface area contributed by atoms with Crippen LogP contribution in [-0.4, -0.2) is 11.0 Å². The van der Waals surface area contributed by atoms with Crippen molar-refractivity contribution in [2.45, 2.75) is 40.3 Å². The zero-order chi connectivity index (χ0) is 13.8. The van der Waals surface area contributed by atoms with E-state index in [9.17, 15) is 0 Å². The molecule has 1 aromatic heterocycles. The quantitative estimate of drug-likeness (QED) is 0.896. The maximum absolute atomic E-state index is 4.36. The van der Waals surface area contributed by atoms with Crippen LogP contribution in [0.2, 0.25) is 0 Å². The lowest BCUT2D eigenvalue weighted by atomic mass is 9.99. The fourth-order valence-electron chi connectivity index (χ4n) is 2.19. The molecule has 2 rings (SSSR count). The van der Waals surface area contributed by atoms with E-state index in [1.807, 2.05) is 12.4 Å². The standard InChI is InChI=1S/C17H22N2/c1-12(2)19-10-15-8-16(11-18-9-15)17-6-5-13(3)7-14(17)4/h5-9,11-12,19H,10H2,1-4H3. The molecule has 19 heavy (non-hydrogen) atoms. The molecule has 0 saturated carbocycles.